The van der Waals surface area contributed by atoms with Gasteiger partial charge in [-0.3, -0.25) is 0 Å². The lowest BCUT2D eigenvalue weighted by Crippen LogP contribution is -2.41. The lowest BCUT2D eigenvalue weighted by atomic mass is 9.84. The Balaban J connectivity index is 2.01. The third-order valence-electron chi connectivity index (χ3n) is 4.53. The average Bonchev–Trinajstić information content (AvgIpc) is 2.56. The number of hydrogen-bond acceptors (Lipinski definition) is 1. The normalized spacial score (nSPS) is 28.1. The summed E-state index contributed by atoms with van der Waals surface area (Å²) in [4.78, 5) is 0. The summed E-state index contributed by atoms with van der Waals surface area (Å²) in [5.74, 6) is 0.720. The van der Waals surface area contributed by atoms with Crippen molar-refractivity contribution in [1.82, 2.24) is 0 Å². The van der Waals surface area contributed by atoms with Gasteiger partial charge in [-0.05, 0) is 43.2 Å². The van der Waals surface area contributed by atoms with Crippen molar-refractivity contribution >= 4 is 0 Å². The second-order valence-corrected chi connectivity index (χ2v) is 6.22. The fraction of sp³-hybridized carbons (Fsp3) is 0.647. The van der Waals surface area contributed by atoms with Crippen molar-refractivity contribution in [2.75, 3.05) is 0 Å². The van der Waals surface area contributed by atoms with Gasteiger partial charge in [-0.15, -0.1) is 0 Å². The molecule has 2 N–H and O–H groups in total. The predicted molar refractivity (Wildman–Crippen MR) is 78.5 cm³/mol. The standard InChI is InChI=1S/C17H26FN/c1-2-6-14-7-5-11-17(19,12-10-14)13-15-8-3-4-9-16(15)18/h3-4,8-9,14H,2,5-7,10-13,19H2,1H3. The summed E-state index contributed by atoms with van der Waals surface area (Å²) in [5.41, 5.74) is 7.12. The smallest absolute Gasteiger partial charge is 0.126 e. The van der Waals surface area contributed by atoms with E-state index in [0.29, 0.717) is 6.42 Å². The first-order valence-electron chi connectivity index (χ1n) is 7.65. The zero-order valence-electron chi connectivity index (χ0n) is 12.0. The summed E-state index contributed by atoms with van der Waals surface area (Å²) >= 11 is 0. The molecule has 1 aliphatic rings. The molecule has 2 rings (SSSR count). The fourth-order valence-corrected chi connectivity index (χ4v) is 3.40. The molecule has 1 nitrogen and oxygen atoms in total. The molecule has 0 spiro atoms. The van der Waals surface area contributed by atoms with Crippen molar-refractivity contribution in [3.8, 4) is 0 Å². The zero-order chi connectivity index (χ0) is 13.7. The van der Waals surface area contributed by atoms with E-state index in [1.54, 1.807) is 6.07 Å². The van der Waals surface area contributed by atoms with Crippen LogP contribution in [0.3, 0.4) is 0 Å². The number of nitrogens with two attached hydrogens (primary N) is 1. The summed E-state index contributed by atoms with van der Waals surface area (Å²) in [7, 11) is 0. The predicted octanol–water partition coefficient (Wildman–Crippen LogP) is 4.45. The van der Waals surface area contributed by atoms with Gasteiger partial charge in [0, 0.05) is 5.54 Å². The monoisotopic (exact) mass is 263 g/mol. The highest BCUT2D eigenvalue weighted by Crippen LogP contribution is 2.33. The molecule has 106 valence electrons. The molecule has 1 aromatic rings. The molecule has 2 unspecified atom stereocenters. The van der Waals surface area contributed by atoms with Crippen molar-refractivity contribution < 1.29 is 4.39 Å². The van der Waals surface area contributed by atoms with Gasteiger partial charge in [-0.25, -0.2) is 4.39 Å². The van der Waals surface area contributed by atoms with E-state index in [4.69, 9.17) is 5.73 Å². The van der Waals surface area contributed by atoms with Crippen LogP contribution in [-0.2, 0) is 6.42 Å². The number of benzene rings is 1. The Morgan fingerprint density at radius 1 is 1.26 bits per heavy atom. The van der Waals surface area contributed by atoms with Gasteiger partial charge in [0.1, 0.15) is 5.82 Å². The molecule has 1 fully saturated rings. The molecule has 1 aliphatic carbocycles. The van der Waals surface area contributed by atoms with Gasteiger partial charge in [0.2, 0.25) is 0 Å². The Morgan fingerprint density at radius 3 is 2.79 bits per heavy atom. The van der Waals surface area contributed by atoms with Crippen LogP contribution in [-0.4, -0.2) is 5.54 Å². The van der Waals surface area contributed by atoms with Gasteiger partial charge in [0.05, 0.1) is 0 Å². The molecule has 1 saturated carbocycles. The van der Waals surface area contributed by atoms with Crippen molar-refractivity contribution in [3.63, 3.8) is 0 Å². The maximum atomic E-state index is 13.8. The largest absolute Gasteiger partial charge is 0.325 e. The molecule has 2 heteroatoms. The third-order valence-corrected chi connectivity index (χ3v) is 4.53. The van der Waals surface area contributed by atoms with E-state index in [2.05, 4.69) is 6.92 Å². The van der Waals surface area contributed by atoms with Gasteiger partial charge in [0.25, 0.3) is 0 Å². The maximum Gasteiger partial charge on any atom is 0.126 e. The Morgan fingerprint density at radius 2 is 2.05 bits per heavy atom. The van der Waals surface area contributed by atoms with E-state index in [1.807, 2.05) is 12.1 Å². The SMILES string of the molecule is CCCC1CCCC(N)(Cc2ccccc2F)CC1. The lowest BCUT2D eigenvalue weighted by molar-refractivity contribution is 0.351. The second-order valence-electron chi connectivity index (χ2n) is 6.22. The molecule has 0 amide bonds. The van der Waals surface area contributed by atoms with Gasteiger partial charge < -0.3 is 5.73 Å². The van der Waals surface area contributed by atoms with Crippen molar-refractivity contribution in [2.24, 2.45) is 11.7 Å². The summed E-state index contributed by atoms with van der Waals surface area (Å²) in [6, 6.07) is 7.05. The average molecular weight is 263 g/mol. The van der Waals surface area contributed by atoms with Crippen LogP contribution >= 0.6 is 0 Å². The molecule has 19 heavy (non-hydrogen) atoms. The van der Waals surface area contributed by atoms with E-state index in [9.17, 15) is 4.39 Å². The van der Waals surface area contributed by atoms with Crippen LogP contribution in [0.2, 0.25) is 0 Å². The van der Waals surface area contributed by atoms with Crippen LogP contribution in [0.15, 0.2) is 24.3 Å². The summed E-state index contributed by atoms with van der Waals surface area (Å²) < 4.78 is 13.8. The number of rotatable bonds is 4. The molecule has 0 saturated heterocycles. The lowest BCUT2D eigenvalue weighted by Gasteiger charge is -2.28. The molecule has 2 atom stereocenters. The molecular formula is C17H26FN. The molecule has 0 aliphatic heterocycles. The van der Waals surface area contributed by atoms with Crippen molar-refractivity contribution in [2.45, 2.75) is 63.8 Å². The Kier molecular flexibility index (Phi) is 4.98. The minimum Gasteiger partial charge on any atom is -0.325 e. The van der Waals surface area contributed by atoms with Gasteiger partial charge in [-0.1, -0.05) is 50.8 Å². The van der Waals surface area contributed by atoms with Crippen LogP contribution in [0.25, 0.3) is 0 Å². The summed E-state index contributed by atoms with van der Waals surface area (Å²) in [5, 5.41) is 0. The first-order valence-corrected chi connectivity index (χ1v) is 7.65. The zero-order valence-corrected chi connectivity index (χ0v) is 12.0. The first-order chi connectivity index (χ1) is 9.13. The van der Waals surface area contributed by atoms with E-state index in [-0.39, 0.29) is 11.4 Å². The van der Waals surface area contributed by atoms with Crippen molar-refractivity contribution in [3.05, 3.63) is 35.6 Å². The van der Waals surface area contributed by atoms with Gasteiger partial charge >= 0.3 is 0 Å². The minimum absolute atomic E-state index is 0.110. The van der Waals surface area contributed by atoms with Crippen LogP contribution in [0.5, 0.6) is 0 Å². The van der Waals surface area contributed by atoms with Gasteiger partial charge in [0.15, 0.2) is 0 Å². The first kappa shape index (κ1) is 14.5. The highest BCUT2D eigenvalue weighted by molar-refractivity contribution is 5.20. The van der Waals surface area contributed by atoms with E-state index < -0.39 is 0 Å². The topological polar surface area (TPSA) is 26.0 Å². The van der Waals surface area contributed by atoms with E-state index in [0.717, 1.165) is 24.3 Å². The van der Waals surface area contributed by atoms with Crippen molar-refractivity contribution in [1.29, 1.82) is 0 Å². The number of hydrogen-bond donors (Lipinski definition) is 1. The Bertz CT molecular complexity index is 404. The minimum atomic E-state index is -0.204. The molecule has 1 aromatic carbocycles. The highest BCUT2D eigenvalue weighted by Gasteiger charge is 2.29. The molecule has 0 radical (unpaired) electrons. The summed E-state index contributed by atoms with van der Waals surface area (Å²) in [6.07, 6.45) is 9.01. The van der Waals surface area contributed by atoms with E-state index >= 15 is 0 Å². The quantitative estimate of drug-likeness (QED) is 0.798. The van der Waals surface area contributed by atoms with E-state index in [1.165, 1.54) is 38.2 Å². The van der Waals surface area contributed by atoms with Crippen LogP contribution < -0.4 is 5.73 Å². The molecule has 0 heterocycles. The maximum absolute atomic E-state index is 13.8. The Hall–Kier alpha value is -0.890. The Labute approximate surface area is 116 Å². The van der Waals surface area contributed by atoms with Crippen LogP contribution in [0, 0.1) is 11.7 Å². The summed E-state index contributed by atoms with van der Waals surface area (Å²) in [6.45, 7) is 2.25. The fourth-order valence-electron chi connectivity index (χ4n) is 3.40. The third kappa shape index (κ3) is 4.04. The number of halogens is 1. The molecule has 0 aromatic heterocycles. The highest BCUT2D eigenvalue weighted by atomic mass is 19.1. The van der Waals surface area contributed by atoms with Crippen LogP contribution in [0.4, 0.5) is 4.39 Å². The van der Waals surface area contributed by atoms with Gasteiger partial charge in [-0.2, -0.15) is 0 Å². The van der Waals surface area contributed by atoms with Crippen LogP contribution in [0.1, 0.15) is 57.4 Å². The molecule has 0 bridgehead atoms. The molecular weight excluding hydrogens is 237 g/mol. The second kappa shape index (κ2) is 6.51.